The van der Waals surface area contributed by atoms with Crippen molar-refractivity contribution in [3.8, 4) is 28.4 Å². The fourth-order valence-electron chi connectivity index (χ4n) is 5.44. The van der Waals surface area contributed by atoms with E-state index in [1.807, 2.05) is 30.3 Å². The summed E-state index contributed by atoms with van der Waals surface area (Å²) < 4.78 is 19.4. The number of thiazole rings is 1. The molecule has 12 nitrogen and oxygen atoms in total. The van der Waals surface area contributed by atoms with Crippen LogP contribution in [0.1, 0.15) is 31.0 Å². The Balaban J connectivity index is 1.57. The Labute approximate surface area is 272 Å². The Morgan fingerprint density at radius 1 is 1.06 bits per heavy atom. The number of para-hydroxylation sites is 1. The fraction of sp³-hybridized carbons (Fsp3) is 0.176. The number of carbonyl (C=O) groups excluding carboxylic acids is 1. The summed E-state index contributed by atoms with van der Waals surface area (Å²) in [5.41, 5.74) is 2.98. The van der Waals surface area contributed by atoms with Crippen LogP contribution in [-0.2, 0) is 9.53 Å². The number of fused-ring (bicyclic) bond motifs is 1. The first-order valence-corrected chi connectivity index (χ1v) is 15.4. The number of nitrogens with zero attached hydrogens (tertiary/aromatic N) is 5. The number of benzene rings is 3. The number of esters is 1. The lowest BCUT2D eigenvalue weighted by Crippen LogP contribution is -2.39. The molecule has 238 valence electrons. The van der Waals surface area contributed by atoms with Crippen molar-refractivity contribution in [2.75, 3.05) is 20.8 Å². The Morgan fingerprint density at radius 3 is 2.47 bits per heavy atom. The largest absolute Gasteiger partial charge is 0.497 e. The second kappa shape index (κ2) is 12.9. The Kier molecular flexibility index (Phi) is 8.55. The van der Waals surface area contributed by atoms with E-state index in [0.717, 1.165) is 5.69 Å². The van der Waals surface area contributed by atoms with E-state index in [-0.39, 0.29) is 29.2 Å². The molecule has 0 bridgehead atoms. The van der Waals surface area contributed by atoms with Crippen molar-refractivity contribution in [2.24, 2.45) is 4.99 Å². The average molecular weight is 652 g/mol. The van der Waals surface area contributed by atoms with Crippen LogP contribution in [-0.4, -0.2) is 46.1 Å². The van der Waals surface area contributed by atoms with Crippen molar-refractivity contribution in [3.63, 3.8) is 0 Å². The lowest BCUT2D eigenvalue weighted by molar-refractivity contribution is -0.385. The molecule has 0 saturated heterocycles. The third-order valence-corrected chi connectivity index (χ3v) is 8.63. The molecule has 13 heteroatoms. The number of rotatable bonds is 9. The van der Waals surface area contributed by atoms with Crippen LogP contribution in [0.3, 0.4) is 0 Å². The number of nitro benzene ring substituents is 1. The molecule has 1 atom stereocenters. The van der Waals surface area contributed by atoms with Crippen LogP contribution in [0.15, 0.2) is 100 Å². The smallest absolute Gasteiger partial charge is 0.338 e. The number of methoxy groups -OCH3 is 2. The lowest BCUT2D eigenvalue weighted by Gasteiger charge is -2.24. The predicted octanol–water partition coefficient (Wildman–Crippen LogP) is 4.58. The lowest BCUT2D eigenvalue weighted by atomic mass is 9.96. The van der Waals surface area contributed by atoms with Crippen LogP contribution < -0.4 is 24.4 Å². The minimum absolute atomic E-state index is 0.113. The molecule has 2 aromatic heterocycles. The van der Waals surface area contributed by atoms with Crippen molar-refractivity contribution in [2.45, 2.75) is 19.9 Å². The maximum absolute atomic E-state index is 14.3. The van der Waals surface area contributed by atoms with Crippen LogP contribution in [0.4, 0.5) is 5.69 Å². The zero-order valence-corrected chi connectivity index (χ0v) is 26.7. The van der Waals surface area contributed by atoms with Crippen molar-refractivity contribution in [1.82, 2.24) is 14.3 Å². The molecule has 0 aliphatic carbocycles. The standard InChI is InChI=1S/C34H29N5O7S/c1-5-46-33(41)29-20(2)35-34-38(31(29)21-11-14-25(44-3)15-12-21)32(40)28(47-34)18-23-19-37(24-9-7-6-8-10-24)36-30(23)22-13-16-27(45-4)26(17-22)39(42)43/h6-19,31H,5H2,1-4H3/b28-18-. The van der Waals surface area contributed by atoms with Gasteiger partial charge in [0.05, 0.1) is 53.3 Å². The average Bonchev–Trinajstić information content (AvgIpc) is 3.64. The molecule has 0 spiro atoms. The van der Waals surface area contributed by atoms with E-state index in [1.165, 1.54) is 35.1 Å². The summed E-state index contributed by atoms with van der Waals surface area (Å²) in [4.78, 5) is 43.9. The maximum atomic E-state index is 14.3. The molecule has 0 amide bonds. The van der Waals surface area contributed by atoms with Crippen LogP contribution in [0.2, 0.25) is 0 Å². The molecule has 0 N–H and O–H groups in total. The van der Waals surface area contributed by atoms with Gasteiger partial charge in [0.1, 0.15) is 11.4 Å². The van der Waals surface area contributed by atoms with E-state index in [4.69, 9.17) is 19.3 Å². The maximum Gasteiger partial charge on any atom is 0.338 e. The number of allylic oxidation sites excluding steroid dienone is 1. The van der Waals surface area contributed by atoms with Gasteiger partial charge >= 0.3 is 11.7 Å². The predicted molar refractivity (Wildman–Crippen MR) is 176 cm³/mol. The van der Waals surface area contributed by atoms with Crippen molar-refractivity contribution < 1.29 is 23.9 Å². The monoisotopic (exact) mass is 651 g/mol. The van der Waals surface area contributed by atoms with Gasteiger partial charge in [0, 0.05) is 23.4 Å². The molecular formula is C34H29N5O7S. The van der Waals surface area contributed by atoms with E-state index < -0.39 is 16.9 Å². The summed E-state index contributed by atoms with van der Waals surface area (Å²) in [6, 6.07) is 20.3. The fourth-order valence-corrected chi connectivity index (χ4v) is 6.48. The van der Waals surface area contributed by atoms with E-state index in [1.54, 1.807) is 68.2 Å². The molecule has 47 heavy (non-hydrogen) atoms. The molecule has 0 fully saturated rings. The van der Waals surface area contributed by atoms with Crippen LogP contribution in [0, 0.1) is 10.1 Å². The van der Waals surface area contributed by atoms with Crippen LogP contribution in [0.25, 0.3) is 23.0 Å². The first kappa shape index (κ1) is 31.2. The van der Waals surface area contributed by atoms with Crippen molar-refractivity contribution >= 4 is 29.1 Å². The molecule has 0 saturated carbocycles. The highest BCUT2D eigenvalue weighted by Gasteiger charge is 2.33. The molecule has 3 heterocycles. The molecular weight excluding hydrogens is 622 g/mol. The van der Waals surface area contributed by atoms with Gasteiger partial charge in [-0.1, -0.05) is 41.7 Å². The first-order chi connectivity index (χ1) is 22.7. The number of nitro groups is 1. The highest BCUT2D eigenvalue weighted by atomic mass is 32.1. The summed E-state index contributed by atoms with van der Waals surface area (Å²) >= 11 is 1.17. The third kappa shape index (κ3) is 5.84. The molecule has 1 unspecified atom stereocenters. The molecule has 3 aromatic carbocycles. The van der Waals surface area contributed by atoms with Gasteiger partial charge in [-0.3, -0.25) is 19.5 Å². The SMILES string of the molecule is CCOC(=O)C1=C(C)N=c2s/c(=C\c3cn(-c4ccccc4)nc3-c3ccc(OC)c([N+](=O)[O-])c3)c(=O)n2C1c1ccc(OC)cc1. The Bertz CT molecular complexity index is 2220. The van der Waals surface area contributed by atoms with E-state index in [0.29, 0.717) is 43.2 Å². The summed E-state index contributed by atoms with van der Waals surface area (Å²) in [6.45, 7) is 3.60. The van der Waals surface area contributed by atoms with Gasteiger partial charge in [-0.25, -0.2) is 14.5 Å². The zero-order valence-electron chi connectivity index (χ0n) is 25.9. The first-order valence-electron chi connectivity index (χ1n) is 14.6. The topological polar surface area (TPSA) is 140 Å². The van der Waals surface area contributed by atoms with Crippen molar-refractivity contribution in [1.29, 1.82) is 0 Å². The van der Waals surface area contributed by atoms with Gasteiger partial charge < -0.3 is 14.2 Å². The Hall–Kier alpha value is -5.82. The number of carbonyl (C=O) groups is 1. The van der Waals surface area contributed by atoms with Gasteiger partial charge in [0.2, 0.25) is 0 Å². The zero-order chi connectivity index (χ0) is 33.2. The molecule has 1 aliphatic rings. The molecule has 5 aromatic rings. The molecule has 6 rings (SSSR count). The molecule has 0 radical (unpaired) electrons. The van der Waals surface area contributed by atoms with Gasteiger partial charge in [-0.05, 0) is 61.9 Å². The van der Waals surface area contributed by atoms with E-state index >= 15 is 0 Å². The van der Waals surface area contributed by atoms with Crippen LogP contribution in [0.5, 0.6) is 11.5 Å². The minimum atomic E-state index is -0.797. The summed E-state index contributed by atoms with van der Waals surface area (Å²) in [6.07, 6.45) is 3.45. The number of hydrogen-bond acceptors (Lipinski definition) is 10. The van der Waals surface area contributed by atoms with E-state index in [9.17, 15) is 19.7 Å². The minimum Gasteiger partial charge on any atom is -0.497 e. The highest BCUT2D eigenvalue weighted by Crippen LogP contribution is 2.34. The second-order valence-electron chi connectivity index (χ2n) is 10.4. The summed E-state index contributed by atoms with van der Waals surface area (Å²) in [7, 11) is 2.93. The Morgan fingerprint density at radius 2 is 1.81 bits per heavy atom. The third-order valence-electron chi connectivity index (χ3n) is 7.65. The summed E-state index contributed by atoms with van der Waals surface area (Å²) in [5.74, 6) is 0.181. The number of aromatic nitrogens is 3. The van der Waals surface area contributed by atoms with Gasteiger partial charge in [-0.15, -0.1) is 0 Å². The highest BCUT2D eigenvalue weighted by molar-refractivity contribution is 7.07. The quantitative estimate of drug-likeness (QED) is 0.128. The van der Waals surface area contributed by atoms with E-state index in [2.05, 4.69) is 4.99 Å². The van der Waals surface area contributed by atoms with Gasteiger partial charge in [0.25, 0.3) is 5.56 Å². The number of ether oxygens (including phenoxy) is 3. The second-order valence-corrected chi connectivity index (χ2v) is 11.4. The van der Waals surface area contributed by atoms with Crippen molar-refractivity contribution in [3.05, 3.63) is 131 Å². The number of hydrogen-bond donors (Lipinski definition) is 0. The summed E-state index contributed by atoms with van der Waals surface area (Å²) in [5, 5.41) is 16.6. The van der Waals surface area contributed by atoms with Gasteiger partial charge in [-0.2, -0.15) is 5.10 Å². The molecule has 1 aliphatic heterocycles. The van der Waals surface area contributed by atoms with Crippen LogP contribution >= 0.6 is 11.3 Å². The van der Waals surface area contributed by atoms with Gasteiger partial charge in [0.15, 0.2) is 10.6 Å². The normalized spacial score (nSPS) is 14.4.